The Kier molecular flexibility index (Phi) is 12.7. The smallest absolute Gasteiger partial charge is 0.135 e. The van der Waals surface area contributed by atoms with Crippen LogP contribution in [0.1, 0.15) is 101 Å². The molecule has 3 heterocycles. The van der Waals surface area contributed by atoms with Crippen LogP contribution in [0.5, 0.6) is 11.5 Å². The number of ether oxygens (including phenoxy) is 1. The third-order valence-electron chi connectivity index (χ3n) is 17.8. The van der Waals surface area contributed by atoms with E-state index in [-0.39, 0.29) is 37.3 Å². The van der Waals surface area contributed by atoms with Gasteiger partial charge >= 0.3 is 0 Å². The number of anilines is 4. The van der Waals surface area contributed by atoms with Crippen LogP contribution in [0.3, 0.4) is 0 Å². The number of benzene rings is 10. The van der Waals surface area contributed by atoms with E-state index >= 15 is 0 Å². The molecule has 0 amide bonds. The van der Waals surface area contributed by atoms with Gasteiger partial charge in [0.15, 0.2) is 0 Å². The Labute approximate surface area is 514 Å². The van der Waals surface area contributed by atoms with E-state index in [1.54, 1.807) is 0 Å². The predicted octanol–water partition coefficient (Wildman–Crippen LogP) is 20.5. The van der Waals surface area contributed by atoms with Gasteiger partial charge in [0, 0.05) is 72.5 Å². The molecule has 15 rings (SSSR count). The Bertz CT molecular complexity index is 4580. The number of hydrogen-bond acceptors (Lipinski definition) is 4. The minimum atomic E-state index is -0.487. The van der Waals surface area contributed by atoms with Crippen LogP contribution >= 0.6 is 0 Å². The summed E-state index contributed by atoms with van der Waals surface area (Å²) in [7, 11) is 0. The molecule has 0 bridgehead atoms. The van der Waals surface area contributed by atoms with Gasteiger partial charge in [-0.2, -0.15) is 12.1 Å². The summed E-state index contributed by atoms with van der Waals surface area (Å²) in [6, 6.07) is 87.9. The Morgan fingerprint density at radius 2 is 0.976 bits per heavy atom. The van der Waals surface area contributed by atoms with Crippen LogP contribution in [-0.2, 0) is 42.7 Å². The molecule has 2 aromatic heterocycles. The van der Waals surface area contributed by atoms with Crippen molar-refractivity contribution in [2.45, 2.75) is 84.0 Å². The Morgan fingerprint density at radius 1 is 0.435 bits per heavy atom. The quantitative estimate of drug-likeness (QED) is 0.149. The summed E-state index contributed by atoms with van der Waals surface area (Å²) in [5, 5.41) is 2.22. The van der Waals surface area contributed by atoms with Gasteiger partial charge in [0.25, 0.3) is 0 Å². The van der Waals surface area contributed by atoms with E-state index in [9.17, 15) is 0 Å². The van der Waals surface area contributed by atoms with Crippen LogP contribution in [0.25, 0.3) is 72.1 Å². The van der Waals surface area contributed by atoms with Crippen molar-refractivity contribution >= 4 is 44.6 Å². The molecule has 85 heavy (non-hydrogen) atoms. The maximum atomic E-state index is 6.84. The fourth-order valence-electron chi connectivity index (χ4n) is 13.7. The SMILES string of the molecule is CC(C)(C)c1cc(-c2cccc(-c3cccc4c3-c3ccccc3C43c4ccccc4-c4ccccc43)c2N2[CH-]N(c3[c-]c(Oc4[c-]c5c(cc4)c4ccccc4n5-c4cc(C(C)(C)C)ccn4)ccc3)c3ccccc32)cc(C(C)(C)C)c1.[Pt]. The van der Waals surface area contributed by atoms with Crippen LogP contribution < -0.4 is 14.5 Å². The number of nitrogens with zero attached hydrogens (tertiary/aromatic N) is 4. The molecule has 0 N–H and O–H groups in total. The zero-order valence-corrected chi connectivity index (χ0v) is 51.7. The number of hydrogen-bond donors (Lipinski definition) is 0. The van der Waals surface area contributed by atoms with Crippen LogP contribution in [-0.4, -0.2) is 9.55 Å². The second-order valence-electron chi connectivity index (χ2n) is 26.1. The minimum Gasteiger partial charge on any atom is -0.509 e. The Balaban J connectivity index is 0.00000640. The van der Waals surface area contributed by atoms with Gasteiger partial charge < -0.3 is 19.1 Å². The summed E-state index contributed by atoms with van der Waals surface area (Å²) in [4.78, 5) is 9.62. The second-order valence-corrected chi connectivity index (χ2v) is 26.1. The van der Waals surface area contributed by atoms with Crippen molar-refractivity contribution in [1.29, 1.82) is 0 Å². The summed E-state index contributed by atoms with van der Waals surface area (Å²) >= 11 is 0. The van der Waals surface area contributed by atoms with Crippen molar-refractivity contribution in [2.75, 3.05) is 9.80 Å². The van der Waals surface area contributed by atoms with E-state index in [1.165, 1.54) is 72.3 Å². The summed E-state index contributed by atoms with van der Waals surface area (Å²) in [5.41, 5.74) is 24.2. The molecule has 420 valence electrons. The summed E-state index contributed by atoms with van der Waals surface area (Å²) in [6.45, 7) is 22.9. The maximum absolute atomic E-state index is 6.84. The molecule has 0 unspecified atom stereocenters. The maximum Gasteiger partial charge on any atom is 0.135 e. The molecule has 0 radical (unpaired) electrons. The Hall–Kier alpha value is -8.76. The zero-order valence-electron chi connectivity index (χ0n) is 49.5. The van der Waals surface area contributed by atoms with Crippen LogP contribution in [0.15, 0.2) is 225 Å². The van der Waals surface area contributed by atoms with Gasteiger partial charge in [-0.25, -0.2) is 4.98 Å². The topological polar surface area (TPSA) is 33.5 Å². The molecule has 12 aromatic rings. The number of aromatic nitrogens is 2. The zero-order chi connectivity index (χ0) is 57.4. The van der Waals surface area contributed by atoms with Gasteiger partial charge in [0.1, 0.15) is 5.82 Å². The standard InChI is InChI=1S/C79H65N4O.Pt/c1-76(2,3)51-41-42-80-73(46-51)83-69-36-17-13-27-60(69)61-40-39-56(48-72(61)83)84-55-24-20-23-54(47-55)81-49-82(71-38-19-18-37-70(71)81)75-57(50-43-52(77(4,5)6)45-53(44-50)78(7,8)9)29-21-31-63(75)62-30-22-35-68-74(62)64-28-12-16-34-67(64)79(68)65-32-14-10-25-58(65)59-26-11-15-33-66(59)79;/h10-46,49H,1-9H3;/q-3;. The number of pyridine rings is 1. The molecule has 1 spiro atoms. The molecule has 0 fully saturated rings. The molecule has 5 nitrogen and oxygen atoms in total. The van der Waals surface area contributed by atoms with Crippen molar-refractivity contribution in [3.63, 3.8) is 0 Å². The average molecular weight is 1280 g/mol. The van der Waals surface area contributed by atoms with Gasteiger partial charge in [0.05, 0.1) is 5.41 Å². The molecular formula is C79H65N4OPt-3. The molecule has 0 atom stereocenters. The van der Waals surface area contributed by atoms with E-state index in [0.717, 1.165) is 61.5 Å². The monoisotopic (exact) mass is 1280 g/mol. The average Bonchev–Trinajstić information content (AvgIpc) is 1.54. The molecular weight excluding hydrogens is 1220 g/mol. The van der Waals surface area contributed by atoms with Crippen LogP contribution in [0, 0.1) is 18.8 Å². The van der Waals surface area contributed by atoms with Crippen molar-refractivity contribution < 1.29 is 25.8 Å². The van der Waals surface area contributed by atoms with Gasteiger partial charge in [-0.1, -0.05) is 226 Å². The fourth-order valence-corrected chi connectivity index (χ4v) is 13.7. The van der Waals surface area contributed by atoms with Gasteiger partial charge in [-0.3, -0.25) is 0 Å². The van der Waals surface area contributed by atoms with E-state index in [4.69, 9.17) is 9.72 Å². The molecule has 6 heteroatoms. The first-order valence-corrected chi connectivity index (χ1v) is 29.4. The fraction of sp³-hybridized carbons (Fsp3) is 0.165. The third-order valence-corrected chi connectivity index (χ3v) is 17.8. The van der Waals surface area contributed by atoms with Gasteiger partial charge in [-0.15, -0.1) is 48.1 Å². The summed E-state index contributed by atoms with van der Waals surface area (Å²) < 4.78 is 9.05. The van der Waals surface area contributed by atoms with E-state index in [1.807, 2.05) is 18.3 Å². The number of para-hydroxylation sites is 4. The second kappa shape index (κ2) is 19.9. The van der Waals surface area contributed by atoms with Crippen molar-refractivity contribution in [1.82, 2.24) is 9.55 Å². The molecule has 3 aliphatic rings. The molecule has 0 saturated heterocycles. The molecule has 2 aliphatic carbocycles. The van der Waals surface area contributed by atoms with Crippen LogP contribution in [0.4, 0.5) is 22.7 Å². The van der Waals surface area contributed by atoms with Crippen molar-refractivity contribution in [3.05, 3.63) is 282 Å². The minimum absolute atomic E-state index is 0. The van der Waals surface area contributed by atoms with E-state index in [0.29, 0.717) is 11.5 Å². The molecule has 0 saturated carbocycles. The number of rotatable bonds is 7. The first kappa shape index (κ1) is 54.2. The van der Waals surface area contributed by atoms with E-state index in [2.05, 4.69) is 302 Å². The van der Waals surface area contributed by atoms with Gasteiger partial charge in [0.2, 0.25) is 0 Å². The van der Waals surface area contributed by atoms with Crippen LogP contribution in [0.2, 0.25) is 0 Å². The van der Waals surface area contributed by atoms with Gasteiger partial charge in [-0.05, 0) is 124 Å². The molecule has 10 aromatic carbocycles. The molecule has 1 aliphatic heterocycles. The van der Waals surface area contributed by atoms with E-state index < -0.39 is 5.41 Å². The normalized spacial score (nSPS) is 13.8. The first-order valence-electron chi connectivity index (χ1n) is 29.4. The summed E-state index contributed by atoms with van der Waals surface area (Å²) in [5.74, 6) is 2.02. The first-order chi connectivity index (χ1) is 40.6. The predicted molar refractivity (Wildman–Crippen MR) is 347 cm³/mol. The number of fused-ring (bicyclic) bond motifs is 14. The summed E-state index contributed by atoms with van der Waals surface area (Å²) in [6.07, 6.45) is 1.91. The van der Waals surface area contributed by atoms with Crippen molar-refractivity contribution in [3.8, 4) is 61.8 Å². The largest absolute Gasteiger partial charge is 0.509 e. The third kappa shape index (κ3) is 8.55. The van der Waals surface area contributed by atoms with Crippen molar-refractivity contribution in [2.24, 2.45) is 0 Å². The Morgan fingerprint density at radius 3 is 1.67 bits per heavy atom.